The lowest BCUT2D eigenvalue weighted by atomic mass is 10.0. The molecule has 0 spiro atoms. The molecule has 0 aliphatic carbocycles. The number of nitro groups is 1. The zero-order valence-electron chi connectivity index (χ0n) is 20.5. The Bertz CT molecular complexity index is 1710. The van der Waals surface area contributed by atoms with Crippen LogP contribution in [0.3, 0.4) is 0 Å². The third-order valence-electron chi connectivity index (χ3n) is 5.82. The van der Waals surface area contributed by atoms with Gasteiger partial charge in [-0.3, -0.25) is 19.5 Å². The number of nitrogens with zero attached hydrogens (tertiary/aromatic N) is 5. The van der Waals surface area contributed by atoms with E-state index in [1.165, 1.54) is 30.0 Å². The van der Waals surface area contributed by atoms with Crippen molar-refractivity contribution in [2.24, 2.45) is 0 Å². The number of benzene rings is 3. The van der Waals surface area contributed by atoms with E-state index in [9.17, 15) is 14.9 Å². The standard InChI is InChI=1S/C28H21ClN6O3S/c1-2-14-34-27(21-16-24(18-8-4-3-5-9-18)30-23-11-7-6-10-20(21)23)32-33-28(34)39-17-26(36)31-25-15-19(35(37)38)12-13-22(25)29/h2-13,15-16H,1,14,17H2,(H,31,36). The van der Waals surface area contributed by atoms with Crippen molar-refractivity contribution in [2.45, 2.75) is 11.7 Å². The fourth-order valence-corrected chi connectivity index (χ4v) is 4.96. The topological polar surface area (TPSA) is 116 Å². The monoisotopic (exact) mass is 556 g/mol. The van der Waals surface area contributed by atoms with E-state index in [0.29, 0.717) is 17.5 Å². The zero-order valence-corrected chi connectivity index (χ0v) is 22.0. The van der Waals surface area contributed by atoms with E-state index in [2.05, 4.69) is 22.1 Å². The summed E-state index contributed by atoms with van der Waals surface area (Å²) in [6.07, 6.45) is 1.74. The number of hydrogen-bond donors (Lipinski definition) is 1. The molecule has 0 saturated carbocycles. The number of thioether (sulfide) groups is 1. The molecule has 0 bridgehead atoms. The lowest BCUT2D eigenvalue weighted by Gasteiger charge is -2.12. The van der Waals surface area contributed by atoms with Crippen LogP contribution in [-0.4, -0.2) is 36.3 Å². The molecule has 0 aliphatic rings. The first kappa shape index (κ1) is 26.1. The van der Waals surface area contributed by atoms with Crippen molar-refractivity contribution in [1.82, 2.24) is 19.7 Å². The fourth-order valence-electron chi connectivity index (χ4n) is 4.04. The normalized spacial score (nSPS) is 10.9. The van der Waals surface area contributed by atoms with Crippen LogP contribution in [0.25, 0.3) is 33.5 Å². The van der Waals surface area contributed by atoms with Crippen molar-refractivity contribution in [3.8, 4) is 22.6 Å². The Balaban J connectivity index is 1.45. The molecule has 0 unspecified atom stereocenters. The van der Waals surface area contributed by atoms with Crippen molar-refractivity contribution in [3.05, 3.63) is 107 Å². The van der Waals surface area contributed by atoms with Gasteiger partial charge in [-0.25, -0.2) is 4.98 Å². The molecule has 39 heavy (non-hydrogen) atoms. The number of aromatic nitrogens is 4. The summed E-state index contributed by atoms with van der Waals surface area (Å²) in [5.41, 5.74) is 3.46. The van der Waals surface area contributed by atoms with Gasteiger partial charge in [0.1, 0.15) is 0 Å². The first-order chi connectivity index (χ1) is 18.9. The second-order valence-corrected chi connectivity index (χ2v) is 9.75. The van der Waals surface area contributed by atoms with E-state index in [1.54, 1.807) is 6.08 Å². The first-order valence-electron chi connectivity index (χ1n) is 11.8. The predicted molar refractivity (Wildman–Crippen MR) is 154 cm³/mol. The van der Waals surface area contributed by atoms with E-state index < -0.39 is 10.8 Å². The highest BCUT2D eigenvalue weighted by Crippen LogP contribution is 2.33. The molecule has 0 fully saturated rings. The number of para-hydroxylation sites is 1. The number of fused-ring (bicyclic) bond motifs is 1. The highest BCUT2D eigenvalue weighted by atomic mass is 35.5. The Morgan fingerprint density at radius 2 is 1.85 bits per heavy atom. The number of halogens is 1. The Morgan fingerprint density at radius 1 is 1.08 bits per heavy atom. The Kier molecular flexibility index (Phi) is 7.67. The average Bonchev–Trinajstić information content (AvgIpc) is 3.35. The maximum absolute atomic E-state index is 12.7. The molecular weight excluding hydrogens is 536 g/mol. The summed E-state index contributed by atoms with van der Waals surface area (Å²) in [7, 11) is 0. The minimum Gasteiger partial charge on any atom is -0.324 e. The van der Waals surface area contributed by atoms with Crippen LogP contribution < -0.4 is 5.32 Å². The van der Waals surface area contributed by atoms with Gasteiger partial charge < -0.3 is 5.32 Å². The molecule has 11 heteroatoms. The Labute approximate surface area is 232 Å². The number of allylic oxidation sites excluding steroid dienone is 1. The van der Waals surface area contributed by atoms with Gasteiger partial charge in [-0.05, 0) is 18.2 Å². The largest absolute Gasteiger partial charge is 0.324 e. The van der Waals surface area contributed by atoms with Crippen LogP contribution in [0.15, 0.2) is 96.7 Å². The lowest BCUT2D eigenvalue weighted by molar-refractivity contribution is -0.384. The average molecular weight is 557 g/mol. The number of carbonyl (C=O) groups excluding carboxylic acids is 1. The second kappa shape index (κ2) is 11.5. The molecule has 5 rings (SSSR count). The molecular formula is C28H21ClN6O3S. The lowest BCUT2D eigenvalue weighted by Crippen LogP contribution is -2.15. The number of hydrogen-bond acceptors (Lipinski definition) is 7. The predicted octanol–water partition coefficient (Wildman–Crippen LogP) is 6.64. The molecule has 2 heterocycles. The summed E-state index contributed by atoms with van der Waals surface area (Å²) < 4.78 is 1.89. The molecule has 1 N–H and O–H groups in total. The van der Waals surface area contributed by atoms with E-state index in [0.717, 1.165) is 27.7 Å². The number of nitrogens with one attached hydrogen (secondary N) is 1. The molecule has 1 amide bonds. The molecule has 194 valence electrons. The van der Waals surface area contributed by atoms with Crippen molar-refractivity contribution in [2.75, 3.05) is 11.1 Å². The van der Waals surface area contributed by atoms with Gasteiger partial charge >= 0.3 is 0 Å². The summed E-state index contributed by atoms with van der Waals surface area (Å²) in [6, 6.07) is 23.6. The van der Waals surface area contributed by atoms with Gasteiger partial charge in [-0.2, -0.15) is 0 Å². The second-order valence-electron chi connectivity index (χ2n) is 8.40. The van der Waals surface area contributed by atoms with Gasteiger partial charge in [-0.1, -0.05) is 78.0 Å². The molecule has 2 aromatic heterocycles. The van der Waals surface area contributed by atoms with Gasteiger partial charge in [0.15, 0.2) is 11.0 Å². The number of anilines is 1. The van der Waals surface area contributed by atoms with E-state index >= 15 is 0 Å². The van der Waals surface area contributed by atoms with Crippen LogP contribution in [0.1, 0.15) is 0 Å². The van der Waals surface area contributed by atoms with Crippen molar-refractivity contribution >= 4 is 51.5 Å². The van der Waals surface area contributed by atoms with Crippen molar-refractivity contribution in [1.29, 1.82) is 0 Å². The Morgan fingerprint density at radius 3 is 2.62 bits per heavy atom. The fraction of sp³-hybridized carbons (Fsp3) is 0.0714. The minimum atomic E-state index is -0.550. The van der Waals surface area contributed by atoms with Crippen LogP contribution in [0.2, 0.25) is 5.02 Å². The molecule has 0 radical (unpaired) electrons. The van der Waals surface area contributed by atoms with E-state index in [-0.39, 0.29) is 22.2 Å². The summed E-state index contributed by atoms with van der Waals surface area (Å²) in [6.45, 7) is 4.29. The summed E-state index contributed by atoms with van der Waals surface area (Å²) in [5, 5.41) is 24.2. The highest BCUT2D eigenvalue weighted by molar-refractivity contribution is 7.99. The smallest absolute Gasteiger partial charge is 0.271 e. The summed E-state index contributed by atoms with van der Waals surface area (Å²) in [5.74, 6) is 0.217. The third-order valence-corrected chi connectivity index (χ3v) is 7.12. The van der Waals surface area contributed by atoms with Gasteiger partial charge in [0.05, 0.1) is 32.6 Å². The maximum Gasteiger partial charge on any atom is 0.271 e. The SMILES string of the molecule is C=CCn1c(SCC(=O)Nc2cc([N+](=O)[O-])ccc2Cl)nnc1-c1cc(-c2ccccc2)nc2ccccc12. The van der Waals surface area contributed by atoms with Crippen molar-refractivity contribution < 1.29 is 9.72 Å². The van der Waals surface area contributed by atoms with Crippen LogP contribution in [-0.2, 0) is 11.3 Å². The summed E-state index contributed by atoms with van der Waals surface area (Å²) >= 11 is 7.31. The first-order valence-corrected chi connectivity index (χ1v) is 13.2. The number of rotatable bonds is 9. The highest BCUT2D eigenvalue weighted by Gasteiger charge is 2.19. The summed E-state index contributed by atoms with van der Waals surface area (Å²) in [4.78, 5) is 28.1. The minimum absolute atomic E-state index is 0.0132. The van der Waals surface area contributed by atoms with Crippen LogP contribution in [0.4, 0.5) is 11.4 Å². The quantitative estimate of drug-likeness (QED) is 0.0936. The van der Waals surface area contributed by atoms with Gasteiger partial charge in [0.25, 0.3) is 5.69 Å². The van der Waals surface area contributed by atoms with E-state index in [4.69, 9.17) is 16.6 Å². The third kappa shape index (κ3) is 5.66. The van der Waals surface area contributed by atoms with E-state index in [1.807, 2.05) is 65.2 Å². The van der Waals surface area contributed by atoms with Gasteiger partial charge in [-0.15, -0.1) is 16.8 Å². The maximum atomic E-state index is 12.7. The van der Waals surface area contributed by atoms with Crippen LogP contribution in [0, 0.1) is 10.1 Å². The molecule has 0 aliphatic heterocycles. The van der Waals surface area contributed by atoms with Crippen LogP contribution >= 0.6 is 23.4 Å². The number of pyridine rings is 1. The van der Waals surface area contributed by atoms with Gasteiger partial charge in [0.2, 0.25) is 5.91 Å². The molecule has 5 aromatic rings. The number of amides is 1. The number of nitro benzene ring substituents is 1. The number of non-ortho nitro benzene ring substituents is 1. The number of carbonyl (C=O) groups is 1. The molecule has 0 atom stereocenters. The zero-order chi connectivity index (χ0) is 27.4. The van der Waals surface area contributed by atoms with Crippen LogP contribution in [0.5, 0.6) is 0 Å². The molecule has 3 aromatic carbocycles. The Hall–Kier alpha value is -4.54. The molecule has 0 saturated heterocycles. The van der Waals surface area contributed by atoms with Crippen molar-refractivity contribution in [3.63, 3.8) is 0 Å². The van der Waals surface area contributed by atoms with Gasteiger partial charge in [0, 0.05) is 35.2 Å². The molecule has 9 nitrogen and oxygen atoms in total.